The van der Waals surface area contributed by atoms with Crippen molar-refractivity contribution in [1.82, 2.24) is 13.9 Å². The molecule has 0 aromatic heterocycles. The molecule has 2 saturated heterocycles. The lowest BCUT2D eigenvalue weighted by molar-refractivity contribution is -0.127. The summed E-state index contributed by atoms with van der Waals surface area (Å²) < 4.78 is 54.6. The van der Waals surface area contributed by atoms with E-state index in [1.807, 2.05) is 20.8 Å². The molecule has 10 heteroatoms. The summed E-state index contributed by atoms with van der Waals surface area (Å²) in [4.78, 5) is 12.7. The Balaban J connectivity index is 1.64. The predicted molar refractivity (Wildman–Crippen MR) is 123 cm³/mol. The van der Waals surface area contributed by atoms with Crippen molar-refractivity contribution < 1.29 is 21.6 Å². The standard InChI is InChI=1S/C22H35N3O5S2/c1-17(2)18(3)23-22(26)19-11-15-25(16-12-19)32(29,30)21-9-7-20(8-10-21)31(27,28)24-13-5-4-6-14-24/h7-10,17-19H,4-6,11-16H2,1-3H3,(H,23,26). The van der Waals surface area contributed by atoms with E-state index in [9.17, 15) is 21.6 Å². The number of amides is 1. The van der Waals surface area contributed by atoms with Gasteiger partial charge in [0.25, 0.3) is 0 Å². The van der Waals surface area contributed by atoms with Crippen LogP contribution in [0.2, 0.25) is 0 Å². The number of carbonyl (C=O) groups is 1. The van der Waals surface area contributed by atoms with Crippen molar-refractivity contribution in [3.05, 3.63) is 24.3 Å². The van der Waals surface area contributed by atoms with Gasteiger partial charge in [0.1, 0.15) is 0 Å². The number of hydrogen-bond acceptors (Lipinski definition) is 5. The minimum atomic E-state index is -3.74. The van der Waals surface area contributed by atoms with Crippen molar-refractivity contribution in [3.8, 4) is 0 Å². The zero-order valence-electron chi connectivity index (χ0n) is 19.2. The quantitative estimate of drug-likeness (QED) is 0.639. The van der Waals surface area contributed by atoms with Gasteiger partial charge in [-0.2, -0.15) is 8.61 Å². The third-order valence-electron chi connectivity index (χ3n) is 6.61. The first-order valence-electron chi connectivity index (χ1n) is 11.4. The van der Waals surface area contributed by atoms with Crippen molar-refractivity contribution in [2.75, 3.05) is 26.2 Å². The molecule has 2 aliphatic rings. The van der Waals surface area contributed by atoms with Gasteiger partial charge in [-0.05, 0) is 62.8 Å². The summed E-state index contributed by atoms with van der Waals surface area (Å²) in [5.41, 5.74) is 0. The number of hydrogen-bond donors (Lipinski definition) is 1. The zero-order valence-corrected chi connectivity index (χ0v) is 20.8. The summed E-state index contributed by atoms with van der Waals surface area (Å²) in [5, 5.41) is 3.01. The number of carbonyl (C=O) groups excluding carboxylic acids is 1. The van der Waals surface area contributed by atoms with Crippen LogP contribution in [0.1, 0.15) is 52.9 Å². The van der Waals surface area contributed by atoms with Gasteiger partial charge < -0.3 is 5.32 Å². The monoisotopic (exact) mass is 485 g/mol. The molecular weight excluding hydrogens is 450 g/mol. The molecule has 32 heavy (non-hydrogen) atoms. The molecule has 1 amide bonds. The molecule has 0 radical (unpaired) electrons. The second kappa shape index (κ2) is 10.2. The molecule has 1 unspecified atom stereocenters. The van der Waals surface area contributed by atoms with Gasteiger partial charge in [-0.1, -0.05) is 20.3 Å². The Hall–Kier alpha value is -1.49. The molecule has 2 heterocycles. The Morgan fingerprint density at radius 3 is 1.69 bits per heavy atom. The Bertz CT molecular complexity index is 993. The molecule has 0 spiro atoms. The average molecular weight is 486 g/mol. The van der Waals surface area contributed by atoms with Crippen LogP contribution < -0.4 is 5.32 Å². The van der Waals surface area contributed by atoms with Crippen molar-refractivity contribution in [1.29, 1.82) is 0 Å². The molecule has 1 aromatic carbocycles. The summed E-state index contributed by atoms with van der Waals surface area (Å²) in [6.45, 7) is 7.60. The van der Waals surface area contributed by atoms with Gasteiger partial charge in [-0.15, -0.1) is 0 Å². The Kier molecular flexibility index (Phi) is 8.01. The molecule has 1 N–H and O–H groups in total. The third-order valence-corrected chi connectivity index (χ3v) is 10.4. The molecule has 0 aliphatic carbocycles. The number of nitrogens with one attached hydrogen (secondary N) is 1. The average Bonchev–Trinajstić information content (AvgIpc) is 2.79. The lowest BCUT2D eigenvalue weighted by Gasteiger charge is -2.31. The molecule has 8 nitrogen and oxygen atoms in total. The van der Waals surface area contributed by atoms with Gasteiger partial charge in [-0.3, -0.25) is 4.79 Å². The maximum absolute atomic E-state index is 13.1. The minimum absolute atomic E-state index is 0.0180. The maximum Gasteiger partial charge on any atom is 0.243 e. The second-order valence-corrected chi connectivity index (χ2v) is 13.0. The molecule has 1 atom stereocenters. The van der Waals surface area contributed by atoms with Crippen molar-refractivity contribution >= 4 is 26.0 Å². The summed E-state index contributed by atoms with van der Waals surface area (Å²) in [7, 11) is -7.34. The van der Waals surface area contributed by atoms with E-state index in [-0.39, 0.29) is 40.7 Å². The normalized spacial score (nSPS) is 20.9. The van der Waals surface area contributed by atoms with Crippen LogP contribution in [0.4, 0.5) is 0 Å². The minimum Gasteiger partial charge on any atom is -0.353 e. The fraction of sp³-hybridized carbons (Fsp3) is 0.682. The van der Waals surface area contributed by atoms with E-state index in [1.165, 1.54) is 32.9 Å². The Morgan fingerprint density at radius 1 is 0.812 bits per heavy atom. The molecule has 3 rings (SSSR count). The van der Waals surface area contributed by atoms with E-state index < -0.39 is 20.0 Å². The number of nitrogens with zero attached hydrogens (tertiary/aromatic N) is 2. The van der Waals surface area contributed by atoms with Crippen LogP contribution in [0, 0.1) is 11.8 Å². The SMILES string of the molecule is CC(C)C(C)NC(=O)C1CCN(S(=O)(=O)c2ccc(S(=O)(=O)N3CCCCC3)cc2)CC1. The van der Waals surface area contributed by atoms with Gasteiger partial charge in [0.05, 0.1) is 9.79 Å². The van der Waals surface area contributed by atoms with E-state index in [2.05, 4.69) is 5.32 Å². The first-order valence-corrected chi connectivity index (χ1v) is 14.3. The van der Waals surface area contributed by atoms with E-state index in [0.29, 0.717) is 31.8 Å². The summed E-state index contributed by atoms with van der Waals surface area (Å²) in [6, 6.07) is 5.57. The Morgan fingerprint density at radius 2 is 1.25 bits per heavy atom. The lowest BCUT2D eigenvalue weighted by atomic mass is 9.96. The third kappa shape index (κ3) is 5.52. The van der Waals surface area contributed by atoms with Gasteiger partial charge in [0, 0.05) is 38.1 Å². The van der Waals surface area contributed by atoms with Crippen LogP contribution >= 0.6 is 0 Å². The summed E-state index contributed by atoms with van der Waals surface area (Å²) >= 11 is 0. The second-order valence-electron chi connectivity index (χ2n) is 9.16. The van der Waals surface area contributed by atoms with Crippen LogP contribution in [0.3, 0.4) is 0 Å². The number of piperidine rings is 2. The van der Waals surface area contributed by atoms with Crippen molar-refractivity contribution in [2.24, 2.45) is 11.8 Å². The van der Waals surface area contributed by atoms with Crippen molar-refractivity contribution in [3.63, 3.8) is 0 Å². The number of benzene rings is 1. The highest BCUT2D eigenvalue weighted by Crippen LogP contribution is 2.26. The summed E-state index contributed by atoms with van der Waals surface area (Å²) in [5.74, 6) is 0.122. The van der Waals surface area contributed by atoms with Crippen LogP contribution in [-0.2, 0) is 24.8 Å². The smallest absolute Gasteiger partial charge is 0.243 e. The van der Waals surface area contributed by atoms with Crippen LogP contribution in [-0.4, -0.2) is 63.6 Å². The number of rotatable bonds is 7. The molecule has 1 aromatic rings. The Labute approximate surface area is 192 Å². The first-order chi connectivity index (χ1) is 15.0. The molecule has 2 aliphatic heterocycles. The zero-order chi connectivity index (χ0) is 23.5. The molecule has 180 valence electrons. The first kappa shape index (κ1) is 25.1. The highest BCUT2D eigenvalue weighted by molar-refractivity contribution is 7.89. The van der Waals surface area contributed by atoms with Crippen LogP contribution in [0.25, 0.3) is 0 Å². The van der Waals surface area contributed by atoms with E-state index in [0.717, 1.165) is 19.3 Å². The van der Waals surface area contributed by atoms with Crippen molar-refractivity contribution in [2.45, 2.75) is 68.7 Å². The van der Waals surface area contributed by atoms with Gasteiger partial charge in [0.2, 0.25) is 26.0 Å². The van der Waals surface area contributed by atoms with Gasteiger partial charge in [0.15, 0.2) is 0 Å². The molecule has 0 saturated carbocycles. The van der Waals surface area contributed by atoms with Gasteiger partial charge in [-0.25, -0.2) is 16.8 Å². The molecule has 2 fully saturated rings. The largest absolute Gasteiger partial charge is 0.353 e. The number of sulfonamides is 2. The molecular formula is C22H35N3O5S2. The fourth-order valence-corrected chi connectivity index (χ4v) is 7.04. The predicted octanol–water partition coefficient (Wildman–Crippen LogP) is 2.42. The topological polar surface area (TPSA) is 104 Å². The van der Waals surface area contributed by atoms with Crippen LogP contribution in [0.5, 0.6) is 0 Å². The lowest BCUT2D eigenvalue weighted by Crippen LogP contribution is -2.45. The maximum atomic E-state index is 13.1. The van der Waals surface area contributed by atoms with Gasteiger partial charge >= 0.3 is 0 Å². The fourth-order valence-electron chi connectivity index (χ4n) is 4.05. The van der Waals surface area contributed by atoms with E-state index in [4.69, 9.17) is 0 Å². The highest BCUT2D eigenvalue weighted by Gasteiger charge is 2.33. The van der Waals surface area contributed by atoms with E-state index >= 15 is 0 Å². The van der Waals surface area contributed by atoms with E-state index in [1.54, 1.807) is 0 Å². The summed E-state index contributed by atoms with van der Waals surface area (Å²) in [6.07, 6.45) is 3.65. The van der Waals surface area contributed by atoms with Crippen LogP contribution in [0.15, 0.2) is 34.1 Å². The molecule has 0 bridgehead atoms. The highest BCUT2D eigenvalue weighted by atomic mass is 32.2.